The predicted octanol–water partition coefficient (Wildman–Crippen LogP) is 4.31. The van der Waals surface area contributed by atoms with E-state index < -0.39 is 4.92 Å². The van der Waals surface area contributed by atoms with E-state index in [9.17, 15) is 14.9 Å². The zero-order chi connectivity index (χ0) is 17.3. The second-order valence-corrected chi connectivity index (χ2v) is 6.83. The maximum atomic E-state index is 12.7. The molecule has 1 amide bonds. The van der Waals surface area contributed by atoms with Crippen molar-refractivity contribution in [2.24, 2.45) is 0 Å². The summed E-state index contributed by atoms with van der Waals surface area (Å²) in [6, 6.07) is 13.7. The molecule has 120 valence electrons. The van der Waals surface area contributed by atoms with E-state index in [0.29, 0.717) is 14.8 Å². The number of carbonyl (C=O) groups is 1. The first-order valence-electron chi connectivity index (χ1n) is 7.05. The fraction of sp³-hybridized carbons (Fsp3) is 0.0588. The van der Waals surface area contributed by atoms with Crippen LogP contribution in [0.4, 0.5) is 11.4 Å². The Labute approximate surface area is 148 Å². The average molecular weight is 356 g/mol. The lowest BCUT2D eigenvalue weighted by atomic mass is 10.1. The van der Waals surface area contributed by atoms with E-state index in [1.165, 1.54) is 28.8 Å². The Bertz CT molecular complexity index is 893. The number of nitro benzene ring substituents is 1. The van der Waals surface area contributed by atoms with Gasteiger partial charge < -0.3 is 0 Å². The van der Waals surface area contributed by atoms with Gasteiger partial charge in [0.1, 0.15) is 0 Å². The summed E-state index contributed by atoms with van der Waals surface area (Å²) in [5.41, 5.74) is 2.28. The van der Waals surface area contributed by atoms with Gasteiger partial charge in [-0.3, -0.25) is 19.8 Å². The van der Waals surface area contributed by atoms with Gasteiger partial charge in [-0.25, -0.2) is 0 Å². The Morgan fingerprint density at radius 1 is 1.21 bits per heavy atom. The van der Waals surface area contributed by atoms with E-state index in [1.807, 2.05) is 31.2 Å². The number of non-ortho nitro benzene ring substituents is 1. The van der Waals surface area contributed by atoms with E-state index in [2.05, 4.69) is 0 Å². The molecule has 0 spiro atoms. The van der Waals surface area contributed by atoms with Crippen LogP contribution in [0.3, 0.4) is 0 Å². The fourth-order valence-electron chi connectivity index (χ4n) is 2.37. The van der Waals surface area contributed by atoms with Crippen molar-refractivity contribution in [2.45, 2.75) is 6.92 Å². The zero-order valence-corrected chi connectivity index (χ0v) is 14.3. The number of amides is 1. The fourth-order valence-corrected chi connectivity index (χ4v) is 3.65. The molecule has 1 aliphatic heterocycles. The molecule has 3 rings (SSSR count). The average Bonchev–Trinajstić information content (AvgIpc) is 2.82. The molecule has 0 radical (unpaired) electrons. The summed E-state index contributed by atoms with van der Waals surface area (Å²) in [7, 11) is 0. The molecule has 0 atom stereocenters. The monoisotopic (exact) mass is 356 g/mol. The maximum Gasteiger partial charge on any atom is 0.270 e. The van der Waals surface area contributed by atoms with Crippen molar-refractivity contribution >= 4 is 51.7 Å². The van der Waals surface area contributed by atoms with Crippen LogP contribution in [0.1, 0.15) is 11.1 Å². The Morgan fingerprint density at radius 2 is 1.96 bits per heavy atom. The molecule has 2 aromatic carbocycles. The molecule has 0 bridgehead atoms. The highest BCUT2D eigenvalue weighted by Crippen LogP contribution is 2.37. The molecule has 24 heavy (non-hydrogen) atoms. The molecule has 0 aliphatic carbocycles. The van der Waals surface area contributed by atoms with Gasteiger partial charge in [0.15, 0.2) is 4.32 Å². The number of nitrogens with zero attached hydrogens (tertiary/aromatic N) is 2. The van der Waals surface area contributed by atoms with Crippen molar-refractivity contribution in [1.29, 1.82) is 0 Å². The topological polar surface area (TPSA) is 63.5 Å². The van der Waals surface area contributed by atoms with Crippen LogP contribution in [0.25, 0.3) is 6.08 Å². The minimum atomic E-state index is -0.462. The normalized spacial score (nSPS) is 16.0. The summed E-state index contributed by atoms with van der Waals surface area (Å²) in [5.74, 6) is -0.217. The number of aryl methyl sites for hydroxylation is 1. The van der Waals surface area contributed by atoms with E-state index >= 15 is 0 Å². The molecule has 0 saturated carbocycles. The molecular weight excluding hydrogens is 344 g/mol. The number of thiocarbonyl (C=S) groups is 1. The standard InChI is InChI=1S/C17H12N2O3S2/c1-11-5-2-3-8-14(11)18-16(20)15(24-17(18)23)10-12-6-4-7-13(9-12)19(21)22/h2-10H,1H3/b15-10+. The number of benzene rings is 2. The number of rotatable bonds is 3. The van der Waals surface area contributed by atoms with Crippen LogP contribution in [-0.4, -0.2) is 15.2 Å². The molecule has 0 N–H and O–H groups in total. The number of para-hydroxylation sites is 1. The van der Waals surface area contributed by atoms with E-state index in [-0.39, 0.29) is 11.6 Å². The third kappa shape index (κ3) is 3.08. The number of thioether (sulfide) groups is 1. The molecule has 1 aliphatic rings. The summed E-state index contributed by atoms with van der Waals surface area (Å²) in [5, 5.41) is 10.9. The van der Waals surface area contributed by atoms with Gasteiger partial charge in [-0.1, -0.05) is 54.3 Å². The quantitative estimate of drug-likeness (QED) is 0.355. The third-order valence-corrected chi connectivity index (χ3v) is 4.83. The number of nitro groups is 1. The van der Waals surface area contributed by atoms with Gasteiger partial charge in [0, 0.05) is 12.1 Å². The summed E-state index contributed by atoms with van der Waals surface area (Å²) < 4.78 is 0.450. The highest BCUT2D eigenvalue weighted by molar-refractivity contribution is 8.27. The Kier molecular flexibility index (Phi) is 4.46. The maximum absolute atomic E-state index is 12.7. The van der Waals surface area contributed by atoms with Gasteiger partial charge in [0.2, 0.25) is 0 Å². The molecule has 0 unspecified atom stereocenters. The summed E-state index contributed by atoms with van der Waals surface area (Å²) in [4.78, 5) is 25.1. The first kappa shape index (κ1) is 16.4. The summed E-state index contributed by atoms with van der Waals surface area (Å²) in [6.45, 7) is 1.91. The van der Waals surface area contributed by atoms with Crippen molar-refractivity contribution in [1.82, 2.24) is 0 Å². The SMILES string of the molecule is Cc1ccccc1N1C(=O)/C(=C\c2cccc([N+](=O)[O-])c2)SC1=S. The Morgan fingerprint density at radius 3 is 2.67 bits per heavy atom. The van der Waals surface area contributed by atoms with Crippen molar-refractivity contribution in [3.8, 4) is 0 Å². The minimum absolute atomic E-state index is 0.0156. The van der Waals surface area contributed by atoms with Crippen molar-refractivity contribution < 1.29 is 9.72 Å². The molecular formula is C17H12N2O3S2. The molecule has 1 saturated heterocycles. The van der Waals surface area contributed by atoms with Crippen LogP contribution in [0.15, 0.2) is 53.4 Å². The largest absolute Gasteiger partial charge is 0.270 e. The van der Waals surface area contributed by atoms with Gasteiger partial charge in [-0.2, -0.15) is 0 Å². The molecule has 1 heterocycles. The number of hydrogen-bond donors (Lipinski definition) is 0. The van der Waals surface area contributed by atoms with Crippen molar-refractivity contribution in [3.05, 3.63) is 74.7 Å². The lowest BCUT2D eigenvalue weighted by molar-refractivity contribution is -0.384. The van der Waals surface area contributed by atoms with E-state index in [0.717, 1.165) is 11.3 Å². The van der Waals surface area contributed by atoms with Crippen LogP contribution in [-0.2, 0) is 4.79 Å². The van der Waals surface area contributed by atoms with E-state index in [4.69, 9.17) is 12.2 Å². The smallest absolute Gasteiger partial charge is 0.268 e. The van der Waals surface area contributed by atoms with Gasteiger partial charge in [-0.05, 0) is 30.2 Å². The van der Waals surface area contributed by atoms with Crippen LogP contribution in [0, 0.1) is 17.0 Å². The molecule has 1 fully saturated rings. The van der Waals surface area contributed by atoms with Crippen LogP contribution in [0.5, 0.6) is 0 Å². The number of hydrogen-bond acceptors (Lipinski definition) is 5. The second-order valence-electron chi connectivity index (χ2n) is 5.16. The van der Waals surface area contributed by atoms with Gasteiger partial charge >= 0.3 is 0 Å². The molecule has 5 nitrogen and oxygen atoms in total. The highest BCUT2D eigenvalue weighted by atomic mass is 32.2. The predicted molar refractivity (Wildman–Crippen MR) is 99.9 cm³/mol. The minimum Gasteiger partial charge on any atom is -0.268 e. The van der Waals surface area contributed by atoms with E-state index in [1.54, 1.807) is 18.2 Å². The molecule has 7 heteroatoms. The highest BCUT2D eigenvalue weighted by Gasteiger charge is 2.33. The lowest BCUT2D eigenvalue weighted by Crippen LogP contribution is -2.28. The number of carbonyl (C=O) groups excluding carboxylic acids is 1. The van der Waals surface area contributed by atoms with Gasteiger partial charge in [-0.15, -0.1) is 0 Å². The third-order valence-electron chi connectivity index (χ3n) is 3.53. The van der Waals surface area contributed by atoms with Crippen LogP contribution < -0.4 is 4.90 Å². The lowest BCUT2D eigenvalue weighted by Gasteiger charge is -2.16. The van der Waals surface area contributed by atoms with Gasteiger partial charge in [0.25, 0.3) is 11.6 Å². The summed E-state index contributed by atoms with van der Waals surface area (Å²) in [6.07, 6.45) is 1.63. The second kappa shape index (κ2) is 6.54. The Balaban J connectivity index is 1.96. The van der Waals surface area contributed by atoms with Crippen LogP contribution in [0.2, 0.25) is 0 Å². The number of anilines is 1. The summed E-state index contributed by atoms with van der Waals surface area (Å²) >= 11 is 6.53. The first-order chi connectivity index (χ1) is 11.5. The van der Waals surface area contributed by atoms with Crippen molar-refractivity contribution in [2.75, 3.05) is 4.90 Å². The zero-order valence-electron chi connectivity index (χ0n) is 12.6. The van der Waals surface area contributed by atoms with Crippen molar-refractivity contribution in [3.63, 3.8) is 0 Å². The van der Waals surface area contributed by atoms with Crippen LogP contribution >= 0.6 is 24.0 Å². The Hall–Kier alpha value is -2.51. The van der Waals surface area contributed by atoms with Gasteiger partial charge in [0.05, 0.1) is 15.5 Å². The molecule has 0 aromatic heterocycles. The molecule has 2 aromatic rings. The first-order valence-corrected chi connectivity index (χ1v) is 8.28.